The van der Waals surface area contributed by atoms with E-state index in [1.807, 2.05) is 66.4 Å². The Labute approximate surface area is 193 Å². The van der Waals surface area contributed by atoms with Gasteiger partial charge in [0.1, 0.15) is 23.3 Å². The summed E-state index contributed by atoms with van der Waals surface area (Å²) < 4.78 is 12.6. The molecule has 8 heteroatoms. The number of aryl methyl sites for hydroxylation is 1. The largest absolute Gasteiger partial charge is 0.497 e. The maximum absolute atomic E-state index is 13.2. The van der Waals surface area contributed by atoms with E-state index in [9.17, 15) is 4.79 Å². The third-order valence-electron chi connectivity index (χ3n) is 5.61. The molecular formula is C24H27ClN4O3. The van der Waals surface area contributed by atoms with Crippen molar-refractivity contribution in [1.29, 1.82) is 0 Å². The average molecular weight is 455 g/mol. The van der Waals surface area contributed by atoms with E-state index in [1.165, 1.54) is 0 Å². The lowest BCUT2D eigenvalue weighted by atomic mass is 10.2. The van der Waals surface area contributed by atoms with Crippen molar-refractivity contribution in [1.82, 2.24) is 19.6 Å². The van der Waals surface area contributed by atoms with Gasteiger partial charge in [0.15, 0.2) is 0 Å². The standard InChI is InChI=1S/C24H27ClN4O3/c1-18-22(23(25)29(26-18)19-6-4-3-5-7-19)24(30)28-14-12-27(13-15-28)16-17-32-21-10-8-20(31-2)9-11-21/h3-11H,12-17H2,1-2H3. The minimum Gasteiger partial charge on any atom is -0.497 e. The van der Waals surface area contributed by atoms with Gasteiger partial charge >= 0.3 is 0 Å². The fourth-order valence-corrected chi connectivity index (χ4v) is 4.13. The minimum absolute atomic E-state index is 0.0659. The van der Waals surface area contributed by atoms with E-state index in [2.05, 4.69) is 10.00 Å². The molecule has 0 bridgehead atoms. The first kappa shape index (κ1) is 22.2. The van der Waals surface area contributed by atoms with Gasteiger partial charge in [-0.2, -0.15) is 5.10 Å². The Bertz CT molecular complexity index is 1050. The number of ether oxygens (including phenoxy) is 2. The summed E-state index contributed by atoms with van der Waals surface area (Å²) in [6.45, 7) is 6.10. The van der Waals surface area contributed by atoms with Gasteiger partial charge in [0.05, 0.1) is 24.1 Å². The van der Waals surface area contributed by atoms with Crippen molar-refractivity contribution in [2.75, 3.05) is 46.4 Å². The van der Waals surface area contributed by atoms with Gasteiger partial charge in [-0.05, 0) is 43.3 Å². The maximum Gasteiger partial charge on any atom is 0.258 e. The molecule has 0 radical (unpaired) electrons. The van der Waals surface area contributed by atoms with Crippen LogP contribution in [-0.4, -0.2) is 71.9 Å². The first-order valence-corrected chi connectivity index (χ1v) is 11.0. The van der Waals surface area contributed by atoms with E-state index in [4.69, 9.17) is 21.1 Å². The second-order valence-electron chi connectivity index (χ2n) is 7.66. The number of hydrogen-bond donors (Lipinski definition) is 0. The monoisotopic (exact) mass is 454 g/mol. The van der Waals surface area contributed by atoms with Crippen LogP contribution in [0.2, 0.25) is 5.15 Å². The van der Waals surface area contributed by atoms with Crippen LogP contribution in [0.3, 0.4) is 0 Å². The third-order valence-corrected chi connectivity index (χ3v) is 5.96. The molecule has 0 spiro atoms. The van der Waals surface area contributed by atoms with Crippen LogP contribution in [-0.2, 0) is 0 Å². The molecule has 1 fully saturated rings. The number of benzene rings is 2. The SMILES string of the molecule is COc1ccc(OCCN2CCN(C(=O)c3c(C)nn(-c4ccccc4)c3Cl)CC2)cc1. The molecule has 32 heavy (non-hydrogen) atoms. The van der Waals surface area contributed by atoms with Crippen molar-refractivity contribution in [2.45, 2.75) is 6.92 Å². The van der Waals surface area contributed by atoms with Crippen molar-refractivity contribution in [3.8, 4) is 17.2 Å². The number of amides is 1. The lowest BCUT2D eigenvalue weighted by molar-refractivity contribution is 0.0619. The second-order valence-corrected chi connectivity index (χ2v) is 8.01. The van der Waals surface area contributed by atoms with Crippen LogP contribution in [0.5, 0.6) is 11.5 Å². The van der Waals surface area contributed by atoms with E-state index in [0.29, 0.717) is 36.1 Å². The highest BCUT2D eigenvalue weighted by Gasteiger charge is 2.28. The van der Waals surface area contributed by atoms with Gasteiger partial charge in [0, 0.05) is 32.7 Å². The number of para-hydroxylation sites is 1. The molecule has 2 aromatic carbocycles. The Morgan fingerprint density at radius 2 is 1.66 bits per heavy atom. The Kier molecular flexibility index (Phi) is 6.97. The number of aromatic nitrogens is 2. The molecular weight excluding hydrogens is 428 g/mol. The van der Waals surface area contributed by atoms with Crippen LogP contribution in [0.25, 0.3) is 5.69 Å². The van der Waals surface area contributed by atoms with Crippen molar-refractivity contribution < 1.29 is 14.3 Å². The summed E-state index contributed by atoms with van der Waals surface area (Å²) >= 11 is 6.57. The summed E-state index contributed by atoms with van der Waals surface area (Å²) in [7, 11) is 1.64. The zero-order valence-corrected chi connectivity index (χ0v) is 19.1. The number of carbonyl (C=O) groups is 1. The zero-order valence-electron chi connectivity index (χ0n) is 18.3. The number of piperazine rings is 1. The lowest BCUT2D eigenvalue weighted by Crippen LogP contribution is -2.49. The molecule has 2 heterocycles. The molecule has 0 aliphatic carbocycles. The molecule has 0 atom stereocenters. The molecule has 0 N–H and O–H groups in total. The fourth-order valence-electron chi connectivity index (χ4n) is 3.78. The first-order valence-electron chi connectivity index (χ1n) is 10.7. The van der Waals surface area contributed by atoms with E-state index in [0.717, 1.165) is 36.8 Å². The number of rotatable bonds is 7. The van der Waals surface area contributed by atoms with Crippen molar-refractivity contribution in [2.24, 2.45) is 0 Å². The molecule has 1 saturated heterocycles. The van der Waals surface area contributed by atoms with Gasteiger partial charge in [-0.15, -0.1) is 0 Å². The zero-order chi connectivity index (χ0) is 22.5. The second kappa shape index (κ2) is 10.1. The Morgan fingerprint density at radius 3 is 2.31 bits per heavy atom. The molecule has 7 nitrogen and oxygen atoms in total. The van der Waals surface area contributed by atoms with Gasteiger partial charge in [-0.3, -0.25) is 9.69 Å². The molecule has 3 aromatic rings. The lowest BCUT2D eigenvalue weighted by Gasteiger charge is -2.34. The maximum atomic E-state index is 13.2. The Hall–Kier alpha value is -3.03. The number of halogens is 1. The van der Waals surface area contributed by atoms with Crippen molar-refractivity contribution in [3.63, 3.8) is 0 Å². The molecule has 0 unspecified atom stereocenters. The Balaban J connectivity index is 1.30. The summed E-state index contributed by atoms with van der Waals surface area (Å²) in [6.07, 6.45) is 0. The van der Waals surface area contributed by atoms with E-state index < -0.39 is 0 Å². The summed E-state index contributed by atoms with van der Waals surface area (Å²) in [4.78, 5) is 17.3. The van der Waals surface area contributed by atoms with Crippen LogP contribution in [0.4, 0.5) is 0 Å². The van der Waals surface area contributed by atoms with Crippen LogP contribution in [0, 0.1) is 6.92 Å². The highest BCUT2D eigenvalue weighted by Crippen LogP contribution is 2.25. The average Bonchev–Trinajstić information content (AvgIpc) is 3.14. The summed E-state index contributed by atoms with van der Waals surface area (Å²) in [5.74, 6) is 1.56. The molecule has 0 saturated carbocycles. The number of nitrogens with zero attached hydrogens (tertiary/aromatic N) is 4. The predicted molar refractivity (Wildman–Crippen MR) is 124 cm³/mol. The third kappa shape index (κ3) is 4.89. The highest BCUT2D eigenvalue weighted by atomic mass is 35.5. The fraction of sp³-hybridized carbons (Fsp3) is 0.333. The molecule has 168 valence electrons. The summed E-state index contributed by atoms with van der Waals surface area (Å²) in [5, 5.41) is 4.85. The van der Waals surface area contributed by atoms with Crippen LogP contribution in [0.15, 0.2) is 54.6 Å². The van der Waals surface area contributed by atoms with Gasteiger partial charge in [0.25, 0.3) is 5.91 Å². The summed E-state index contributed by atoms with van der Waals surface area (Å²) in [6, 6.07) is 17.2. The van der Waals surface area contributed by atoms with Gasteiger partial charge in [0.2, 0.25) is 0 Å². The predicted octanol–water partition coefficient (Wildman–Crippen LogP) is 3.68. The number of methoxy groups -OCH3 is 1. The minimum atomic E-state index is -0.0659. The quantitative estimate of drug-likeness (QED) is 0.545. The van der Waals surface area contributed by atoms with E-state index in [-0.39, 0.29) is 5.91 Å². The molecule has 1 aromatic heterocycles. The van der Waals surface area contributed by atoms with Gasteiger partial charge in [-0.1, -0.05) is 29.8 Å². The molecule has 1 aliphatic rings. The van der Waals surface area contributed by atoms with E-state index in [1.54, 1.807) is 11.8 Å². The highest BCUT2D eigenvalue weighted by molar-refractivity contribution is 6.33. The summed E-state index contributed by atoms with van der Waals surface area (Å²) in [5.41, 5.74) is 1.95. The Morgan fingerprint density at radius 1 is 1.00 bits per heavy atom. The normalized spacial score (nSPS) is 14.4. The first-order chi connectivity index (χ1) is 15.6. The molecule has 1 amide bonds. The van der Waals surface area contributed by atoms with E-state index >= 15 is 0 Å². The molecule has 4 rings (SSSR count). The number of hydrogen-bond acceptors (Lipinski definition) is 5. The number of carbonyl (C=O) groups excluding carboxylic acids is 1. The molecule has 1 aliphatic heterocycles. The smallest absolute Gasteiger partial charge is 0.258 e. The van der Waals surface area contributed by atoms with Crippen molar-refractivity contribution >= 4 is 17.5 Å². The van der Waals surface area contributed by atoms with Gasteiger partial charge in [-0.25, -0.2) is 4.68 Å². The van der Waals surface area contributed by atoms with Crippen molar-refractivity contribution in [3.05, 3.63) is 71.0 Å². The van der Waals surface area contributed by atoms with Crippen LogP contribution >= 0.6 is 11.6 Å². The van der Waals surface area contributed by atoms with Crippen LogP contribution < -0.4 is 9.47 Å². The van der Waals surface area contributed by atoms with Crippen LogP contribution in [0.1, 0.15) is 16.1 Å². The van der Waals surface area contributed by atoms with Gasteiger partial charge < -0.3 is 14.4 Å². The topological polar surface area (TPSA) is 59.8 Å².